The number of nitrogens with one attached hydrogen (secondary N) is 1. The maximum Gasteiger partial charge on any atom is 0.261 e. The van der Waals surface area contributed by atoms with Crippen LogP contribution in [0.5, 0.6) is 0 Å². The second-order valence-electron chi connectivity index (χ2n) is 8.60. The van der Waals surface area contributed by atoms with E-state index in [1.54, 1.807) is 4.57 Å². The first kappa shape index (κ1) is 20.4. The lowest BCUT2D eigenvalue weighted by Crippen LogP contribution is -2.40. The zero-order chi connectivity index (χ0) is 21.1. The number of hydrogen-bond acceptors (Lipinski definition) is 4. The second-order valence-corrected chi connectivity index (χ2v) is 11.0. The molecule has 2 aromatic carbocycles. The third kappa shape index (κ3) is 3.59. The van der Waals surface area contributed by atoms with Gasteiger partial charge in [0.05, 0.1) is 23.5 Å². The largest absolute Gasteiger partial charge is 0.598 e. The van der Waals surface area contributed by atoms with Crippen LogP contribution in [0.4, 0.5) is 0 Å². The van der Waals surface area contributed by atoms with Crippen molar-refractivity contribution in [2.75, 3.05) is 0 Å². The summed E-state index contributed by atoms with van der Waals surface area (Å²) in [7, 11) is 0. The monoisotopic (exact) mass is 429 g/mol. The Hall–Kier alpha value is -1.86. The van der Waals surface area contributed by atoms with E-state index in [0.29, 0.717) is 28.3 Å². The molecule has 0 spiro atoms. The fourth-order valence-electron chi connectivity index (χ4n) is 3.67. The fraction of sp³-hybridized carbons (Fsp3) is 0.364. The molecule has 4 rings (SSSR count). The van der Waals surface area contributed by atoms with Crippen LogP contribution in [-0.4, -0.2) is 18.9 Å². The van der Waals surface area contributed by atoms with Crippen LogP contribution < -0.4 is 10.3 Å². The predicted octanol–water partition coefficient (Wildman–Crippen LogP) is 4.50. The van der Waals surface area contributed by atoms with Crippen molar-refractivity contribution in [1.82, 2.24) is 14.3 Å². The highest BCUT2D eigenvalue weighted by Gasteiger charge is 2.30. The number of hydrogen-bond donors (Lipinski definition) is 1. The van der Waals surface area contributed by atoms with Crippen LogP contribution in [0, 0.1) is 6.92 Å². The molecule has 0 radical (unpaired) electrons. The summed E-state index contributed by atoms with van der Waals surface area (Å²) in [5, 5.41) is 1.23. The average molecular weight is 430 g/mol. The van der Waals surface area contributed by atoms with Gasteiger partial charge in [-0.05, 0) is 70.0 Å². The topological polar surface area (TPSA) is 70.0 Å². The van der Waals surface area contributed by atoms with Crippen molar-refractivity contribution in [1.29, 1.82) is 0 Å². The van der Waals surface area contributed by atoms with Gasteiger partial charge >= 0.3 is 0 Å². The van der Waals surface area contributed by atoms with Gasteiger partial charge in [-0.1, -0.05) is 17.7 Å². The lowest BCUT2D eigenvalue weighted by Gasteiger charge is -2.27. The van der Waals surface area contributed by atoms with Crippen LogP contribution in [0.15, 0.2) is 35.1 Å². The van der Waals surface area contributed by atoms with Crippen molar-refractivity contribution < 1.29 is 4.55 Å². The van der Waals surface area contributed by atoms with Crippen molar-refractivity contribution in [3.8, 4) is 11.4 Å². The molecule has 0 aliphatic carbocycles. The molecule has 2 heterocycles. The maximum atomic E-state index is 13.3. The molecule has 1 aliphatic heterocycles. The van der Waals surface area contributed by atoms with Gasteiger partial charge in [0.1, 0.15) is 10.6 Å². The lowest BCUT2D eigenvalue weighted by molar-refractivity contribution is 0.531. The van der Waals surface area contributed by atoms with Crippen molar-refractivity contribution in [2.24, 2.45) is 0 Å². The van der Waals surface area contributed by atoms with Gasteiger partial charge in [-0.2, -0.15) is 0 Å². The van der Waals surface area contributed by atoms with Gasteiger partial charge in [0.15, 0.2) is 0 Å². The van der Waals surface area contributed by atoms with Crippen molar-refractivity contribution in [3.63, 3.8) is 0 Å². The number of nitrogens with zero attached hydrogens (tertiary/aromatic N) is 2. The Bertz CT molecular complexity index is 1180. The minimum absolute atomic E-state index is 0.0635. The summed E-state index contributed by atoms with van der Waals surface area (Å²) in [5.41, 5.74) is 4.36. The van der Waals surface area contributed by atoms with Crippen LogP contribution in [0.25, 0.3) is 22.3 Å². The summed E-state index contributed by atoms with van der Waals surface area (Å²) in [6, 6.07) is 9.29. The zero-order valence-corrected chi connectivity index (χ0v) is 18.7. The molecule has 3 aromatic rings. The average Bonchev–Trinajstić information content (AvgIpc) is 2.99. The fourth-order valence-corrected chi connectivity index (χ4v) is 4.66. The summed E-state index contributed by atoms with van der Waals surface area (Å²) in [6.45, 7) is 10.2. The van der Waals surface area contributed by atoms with E-state index in [0.717, 1.165) is 22.3 Å². The Morgan fingerprint density at radius 2 is 2.00 bits per heavy atom. The van der Waals surface area contributed by atoms with Crippen LogP contribution in [0.1, 0.15) is 50.4 Å². The molecule has 0 fully saturated rings. The molecule has 5 nitrogen and oxygen atoms in total. The smallest absolute Gasteiger partial charge is 0.261 e. The van der Waals surface area contributed by atoms with Gasteiger partial charge in [0, 0.05) is 27.5 Å². The van der Waals surface area contributed by atoms with Crippen LogP contribution in [0.2, 0.25) is 5.02 Å². The molecule has 2 atom stereocenters. The number of aromatic nitrogens is 2. The molecule has 0 bridgehead atoms. The summed E-state index contributed by atoms with van der Waals surface area (Å²) in [6.07, 6.45) is 0. The number of rotatable bonds is 3. The summed E-state index contributed by atoms with van der Waals surface area (Å²) < 4.78 is 17.1. The predicted molar refractivity (Wildman–Crippen MR) is 120 cm³/mol. The SMILES string of the molecule is Cc1cc([C@@H](C)N[S+]([O-])C(C)(C)C)c2nc3n(c(=O)c2c1)Cc1cc(Cl)ccc1-3. The van der Waals surface area contributed by atoms with E-state index in [-0.39, 0.29) is 16.3 Å². The summed E-state index contributed by atoms with van der Waals surface area (Å²) in [5.74, 6) is 0.656. The Labute approximate surface area is 178 Å². The molecule has 29 heavy (non-hydrogen) atoms. The Balaban J connectivity index is 1.89. The summed E-state index contributed by atoms with van der Waals surface area (Å²) in [4.78, 5) is 18.2. The molecule has 7 heteroatoms. The Morgan fingerprint density at radius 3 is 2.69 bits per heavy atom. The number of fused-ring (bicyclic) bond motifs is 4. The highest BCUT2D eigenvalue weighted by molar-refractivity contribution is 7.90. The van der Waals surface area contributed by atoms with Gasteiger partial charge in [0.25, 0.3) is 5.56 Å². The summed E-state index contributed by atoms with van der Waals surface area (Å²) >= 11 is 4.90. The maximum absolute atomic E-state index is 13.3. The van der Waals surface area contributed by atoms with Crippen molar-refractivity contribution >= 4 is 33.9 Å². The third-order valence-corrected chi connectivity index (χ3v) is 7.09. The standard InChI is InChI=1S/C22H24ClN3O2S/c1-12-8-17(13(2)25-29(28)22(3,4)5)19-18(9-12)21(27)26-11-14-10-15(23)6-7-16(14)20(26)24-19/h6-10,13,25H,11H2,1-5H3/t13-,29?/m1/s1. The highest BCUT2D eigenvalue weighted by atomic mass is 35.5. The van der Waals surface area contributed by atoms with Gasteiger partial charge < -0.3 is 4.55 Å². The Kier molecular flexibility index (Phi) is 5.02. The third-order valence-electron chi connectivity index (χ3n) is 5.18. The van der Waals surface area contributed by atoms with E-state index in [1.807, 2.05) is 65.0 Å². The molecule has 1 aromatic heterocycles. The first-order chi connectivity index (χ1) is 13.6. The molecule has 0 saturated carbocycles. The molecule has 0 saturated heterocycles. The Morgan fingerprint density at radius 1 is 1.28 bits per heavy atom. The van der Waals surface area contributed by atoms with Crippen LogP contribution in [0.3, 0.4) is 0 Å². The van der Waals surface area contributed by atoms with Gasteiger partial charge in [-0.25, -0.2) is 4.98 Å². The van der Waals surface area contributed by atoms with Gasteiger partial charge in [-0.3, -0.25) is 9.36 Å². The van der Waals surface area contributed by atoms with Gasteiger partial charge in [0.2, 0.25) is 0 Å². The lowest BCUT2D eigenvalue weighted by atomic mass is 10.0. The van der Waals surface area contributed by atoms with E-state index < -0.39 is 11.4 Å². The van der Waals surface area contributed by atoms with E-state index in [2.05, 4.69) is 4.72 Å². The van der Waals surface area contributed by atoms with Gasteiger partial charge in [-0.15, -0.1) is 4.72 Å². The minimum atomic E-state index is -1.24. The molecule has 0 amide bonds. The van der Waals surface area contributed by atoms with E-state index in [1.165, 1.54) is 0 Å². The molecule has 1 N–H and O–H groups in total. The zero-order valence-electron chi connectivity index (χ0n) is 17.2. The van der Waals surface area contributed by atoms with Crippen molar-refractivity contribution in [2.45, 2.75) is 52.0 Å². The molecular weight excluding hydrogens is 406 g/mol. The second kappa shape index (κ2) is 7.13. The van der Waals surface area contributed by atoms with Crippen LogP contribution in [-0.2, 0) is 17.9 Å². The molecule has 152 valence electrons. The molecular formula is C22H24ClN3O2S. The highest BCUT2D eigenvalue weighted by Crippen LogP contribution is 2.33. The quantitative estimate of drug-likeness (QED) is 0.487. The molecule has 1 unspecified atom stereocenters. The van der Waals surface area contributed by atoms with E-state index >= 15 is 0 Å². The number of halogens is 1. The van der Waals surface area contributed by atoms with Crippen LogP contribution >= 0.6 is 11.6 Å². The first-order valence-corrected chi connectivity index (χ1v) is 11.1. The molecule has 1 aliphatic rings. The number of benzene rings is 2. The first-order valence-electron chi connectivity index (χ1n) is 9.58. The normalized spacial score (nSPS) is 15.3. The van der Waals surface area contributed by atoms with E-state index in [9.17, 15) is 9.35 Å². The number of aryl methyl sites for hydroxylation is 1. The van der Waals surface area contributed by atoms with Crippen molar-refractivity contribution in [3.05, 3.63) is 62.4 Å². The minimum Gasteiger partial charge on any atom is -0.598 e. The van der Waals surface area contributed by atoms with E-state index in [4.69, 9.17) is 16.6 Å².